The summed E-state index contributed by atoms with van der Waals surface area (Å²) < 4.78 is 20.6. The summed E-state index contributed by atoms with van der Waals surface area (Å²) in [6.07, 6.45) is 1.96. The van der Waals surface area contributed by atoms with Crippen molar-refractivity contribution in [2.75, 3.05) is 44.2 Å². The maximum Gasteiger partial charge on any atom is 0.411 e. The first kappa shape index (κ1) is 27.1. The lowest BCUT2D eigenvalue weighted by molar-refractivity contribution is -0.128. The number of aliphatic hydroxyl groups excluding tert-OH is 1. The van der Waals surface area contributed by atoms with E-state index in [4.69, 9.17) is 9.84 Å². The maximum atomic E-state index is 15.0. The summed E-state index contributed by atoms with van der Waals surface area (Å²) >= 11 is 0. The fraction of sp³-hybridized carbons (Fsp3) is 0.667. The number of fused-ring (bicyclic) bond motifs is 2. The molecule has 37 heavy (non-hydrogen) atoms. The van der Waals surface area contributed by atoms with Crippen LogP contribution < -0.4 is 10.2 Å². The number of halogens is 1. The number of hydrogen-bond acceptors (Lipinski definition) is 7. The molecule has 2 bridgehead atoms. The van der Waals surface area contributed by atoms with Gasteiger partial charge in [0.05, 0.1) is 12.7 Å². The summed E-state index contributed by atoms with van der Waals surface area (Å²) in [7, 11) is 0. The van der Waals surface area contributed by atoms with Crippen molar-refractivity contribution in [1.82, 2.24) is 15.1 Å². The van der Waals surface area contributed by atoms with Crippen molar-refractivity contribution in [1.29, 1.82) is 5.26 Å². The van der Waals surface area contributed by atoms with Gasteiger partial charge >= 0.3 is 6.09 Å². The van der Waals surface area contributed by atoms with Crippen molar-refractivity contribution >= 4 is 17.7 Å². The van der Waals surface area contributed by atoms with E-state index in [0.29, 0.717) is 12.1 Å². The first-order chi connectivity index (χ1) is 17.6. The van der Waals surface area contributed by atoms with Gasteiger partial charge < -0.3 is 20.1 Å². The number of amides is 2. The molecule has 0 unspecified atom stereocenters. The molecule has 4 atom stereocenters. The van der Waals surface area contributed by atoms with Crippen molar-refractivity contribution < 1.29 is 23.8 Å². The van der Waals surface area contributed by atoms with E-state index in [2.05, 4.69) is 21.2 Å². The number of piperidine rings is 1. The number of benzene rings is 1. The van der Waals surface area contributed by atoms with Crippen LogP contribution in [-0.2, 0) is 16.0 Å². The Morgan fingerprint density at radius 1 is 1.24 bits per heavy atom. The predicted octanol–water partition coefficient (Wildman–Crippen LogP) is 2.28. The van der Waals surface area contributed by atoms with E-state index in [0.717, 1.165) is 51.1 Å². The number of anilines is 1. The van der Waals surface area contributed by atoms with Crippen molar-refractivity contribution in [3.8, 4) is 6.07 Å². The number of ether oxygens (including phenoxy) is 1. The number of nitrogens with one attached hydrogen (secondary N) is 1. The van der Waals surface area contributed by atoms with Crippen LogP contribution >= 0.6 is 0 Å². The fourth-order valence-electron chi connectivity index (χ4n) is 5.78. The molecule has 1 aromatic carbocycles. The summed E-state index contributed by atoms with van der Waals surface area (Å²) in [6.45, 7) is 9.22. The van der Waals surface area contributed by atoms with Gasteiger partial charge in [0, 0.05) is 50.9 Å². The summed E-state index contributed by atoms with van der Waals surface area (Å²) in [5.41, 5.74) is 0.454. The van der Waals surface area contributed by atoms with Gasteiger partial charge in [-0.1, -0.05) is 6.07 Å². The molecular formula is C27H38FN5O4. The molecule has 1 saturated carbocycles. The van der Waals surface area contributed by atoms with E-state index >= 15 is 4.39 Å². The van der Waals surface area contributed by atoms with E-state index in [1.807, 2.05) is 6.07 Å². The highest BCUT2D eigenvalue weighted by atomic mass is 19.1. The van der Waals surface area contributed by atoms with E-state index < -0.39 is 29.6 Å². The SMILES string of the molecule is CC(C)(C)OC(=O)N1[C@@H]2CC[C@@H](C2)[C@H]1C(=O)N[C@H](C#N)Cc1ccc(N2CCN(CCO)CC2)cc1F. The second kappa shape index (κ2) is 11.2. The quantitative estimate of drug-likeness (QED) is 0.573. The number of nitriles is 1. The number of nitrogens with zero attached hydrogens (tertiary/aromatic N) is 4. The fourth-order valence-corrected chi connectivity index (χ4v) is 5.78. The van der Waals surface area contributed by atoms with E-state index in [1.165, 1.54) is 6.07 Å². The number of carbonyl (C=O) groups is 2. The largest absolute Gasteiger partial charge is 0.444 e. The zero-order valence-electron chi connectivity index (χ0n) is 22.0. The average Bonchev–Trinajstić information content (AvgIpc) is 3.46. The summed E-state index contributed by atoms with van der Waals surface area (Å²) in [5, 5.41) is 21.6. The molecule has 4 rings (SSSR count). The second-order valence-electron chi connectivity index (χ2n) is 11.3. The Bertz CT molecular complexity index is 1030. The van der Waals surface area contributed by atoms with Crippen LogP contribution in [0.3, 0.4) is 0 Å². The lowest BCUT2D eigenvalue weighted by Crippen LogP contribution is -2.55. The summed E-state index contributed by atoms with van der Waals surface area (Å²) in [4.78, 5) is 31.9. The lowest BCUT2D eigenvalue weighted by Gasteiger charge is -2.36. The van der Waals surface area contributed by atoms with Gasteiger partial charge in [-0.3, -0.25) is 14.6 Å². The highest BCUT2D eigenvalue weighted by Crippen LogP contribution is 2.43. The monoisotopic (exact) mass is 515 g/mol. The third-order valence-electron chi connectivity index (χ3n) is 7.54. The lowest BCUT2D eigenvalue weighted by atomic mass is 9.97. The number of likely N-dealkylation sites (tertiary alicyclic amines) is 1. The van der Waals surface area contributed by atoms with Crippen LogP contribution in [0.4, 0.5) is 14.9 Å². The van der Waals surface area contributed by atoms with Crippen LogP contribution in [0.1, 0.15) is 45.6 Å². The van der Waals surface area contributed by atoms with Crippen molar-refractivity contribution in [3.05, 3.63) is 29.6 Å². The van der Waals surface area contributed by atoms with Crippen molar-refractivity contribution in [3.63, 3.8) is 0 Å². The van der Waals surface area contributed by atoms with Gasteiger partial charge in [0.2, 0.25) is 5.91 Å². The molecule has 9 nitrogen and oxygen atoms in total. The van der Waals surface area contributed by atoms with Crippen molar-refractivity contribution in [2.45, 2.75) is 70.2 Å². The first-order valence-electron chi connectivity index (χ1n) is 13.2. The van der Waals surface area contributed by atoms with Gasteiger partial charge in [-0.05, 0) is 63.6 Å². The van der Waals surface area contributed by atoms with Crippen molar-refractivity contribution in [2.24, 2.45) is 5.92 Å². The molecule has 2 heterocycles. The first-order valence-corrected chi connectivity index (χ1v) is 13.2. The van der Waals surface area contributed by atoms with E-state index in [-0.39, 0.29) is 30.9 Å². The third kappa shape index (κ3) is 6.33. The highest BCUT2D eigenvalue weighted by molar-refractivity contribution is 5.87. The topological polar surface area (TPSA) is 109 Å². The standard InChI is InChI=1S/C27H38FN5O4/c1-27(2,3)37-26(36)33-22-7-5-19(15-22)24(33)25(35)30-20(17-29)14-18-4-6-21(16-23(18)28)32-10-8-31(9-11-32)12-13-34/h4,6,16,19-20,22,24,34H,5,7-15H2,1-3H3,(H,30,35)/t19-,20-,22+,24-/m0/s1. The van der Waals surface area contributed by atoms with Gasteiger partial charge in [-0.15, -0.1) is 0 Å². The molecule has 3 fully saturated rings. The van der Waals surface area contributed by atoms with Crippen LogP contribution in [0, 0.1) is 23.1 Å². The molecule has 10 heteroatoms. The molecule has 3 aliphatic rings. The molecule has 1 aliphatic carbocycles. The molecule has 2 amide bonds. The van der Waals surface area contributed by atoms with Crippen LogP contribution in [0.5, 0.6) is 0 Å². The van der Waals surface area contributed by atoms with E-state index in [9.17, 15) is 14.9 Å². The van der Waals surface area contributed by atoms with Crippen LogP contribution in [0.15, 0.2) is 18.2 Å². The minimum Gasteiger partial charge on any atom is -0.444 e. The Balaban J connectivity index is 1.38. The molecular weight excluding hydrogens is 477 g/mol. The van der Waals surface area contributed by atoms with Gasteiger partial charge in [0.1, 0.15) is 23.5 Å². The maximum absolute atomic E-state index is 15.0. The Labute approximate surface area is 218 Å². The Morgan fingerprint density at radius 2 is 1.97 bits per heavy atom. The number of piperazine rings is 1. The molecule has 202 valence electrons. The molecule has 2 N–H and O–H groups in total. The number of β-amino-alcohol motifs (C(OH)–C–C–N with tert-alkyl or cyclic N) is 1. The smallest absolute Gasteiger partial charge is 0.411 e. The number of rotatable bonds is 7. The molecule has 0 aromatic heterocycles. The number of aliphatic hydroxyl groups is 1. The predicted molar refractivity (Wildman–Crippen MR) is 136 cm³/mol. The molecule has 0 spiro atoms. The van der Waals surface area contributed by atoms with E-state index in [1.54, 1.807) is 31.7 Å². The third-order valence-corrected chi connectivity index (χ3v) is 7.54. The second-order valence-corrected chi connectivity index (χ2v) is 11.3. The Hall–Kier alpha value is -2.90. The number of carbonyl (C=O) groups excluding carboxylic acids is 2. The van der Waals surface area contributed by atoms with Crippen LogP contribution in [0.2, 0.25) is 0 Å². The number of hydrogen-bond donors (Lipinski definition) is 2. The zero-order valence-corrected chi connectivity index (χ0v) is 22.0. The van der Waals surface area contributed by atoms with Gasteiger partial charge in [0.15, 0.2) is 0 Å². The minimum atomic E-state index is -0.922. The Kier molecular flexibility index (Phi) is 8.24. The zero-order chi connectivity index (χ0) is 26.7. The average molecular weight is 516 g/mol. The summed E-state index contributed by atoms with van der Waals surface area (Å²) in [5.74, 6) is -0.770. The normalized spacial score (nSPS) is 24.6. The molecule has 2 aliphatic heterocycles. The molecule has 1 aromatic rings. The minimum absolute atomic E-state index is 0.0331. The summed E-state index contributed by atoms with van der Waals surface area (Å²) in [6, 6.07) is 5.44. The van der Waals surface area contributed by atoms with Gasteiger partial charge in [0.25, 0.3) is 0 Å². The van der Waals surface area contributed by atoms with Gasteiger partial charge in [-0.2, -0.15) is 5.26 Å². The van der Waals surface area contributed by atoms with Crippen LogP contribution in [0.25, 0.3) is 0 Å². The van der Waals surface area contributed by atoms with Gasteiger partial charge in [-0.25, -0.2) is 9.18 Å². The molecule has 0 radical (unpaired) electrons. The molecule has 2 saturated heterocycles. The van der Waals surface area contributed by atoms with Crippen LogP contribution in [-0.4, -0.2) is 90.0 Å². The highest BCUT2D eigenvalue weighted by Gasteiger charge is 2.52. The Morgan fingerprint density at radius 3 is 2.59 bits per heavy atom.